The van der Waals surface area contributed by atoms with Gasteiger partial charge in [0.05, 0.1) is 6.54 Å². The van der Waals surface area contributed by atoms with Crippen molar-refractivity contribution in [3.05, 3.63) is 29.6 Å². The van der Waals surface area contributed by atoms with Gasteiger partial charge in [-0.2, -0.15) is 0 Å². The van der Waals surface area contributed by atoms with Gasteiger partial charge < -0.3 is 10.6 Å². The van der Waals surface area contributed by atoms with Crippen LogP contribution in [0.5, 0.6) is 0 Å². The molecule has 0 aliphatic heterocycles. The SMILES string of the molecule is CCCC(C)NC(=O)CNc1cc(C)cc(F)c1. The summed E-state index contributed by atoms with van der Waals surface area (Å²) in [6.07, 6.45) is 2.00. The molecule has 0 fully saturated rings. The summed E-state index contributed by atoms with van der Waals surface area (Å²) in [6.45, 7) is 6.04. The van der Waals surface area contributed by atoms with Crippen molar-refractivity contribution >= 4 is 11.6 Å². The predicted molar refractivity (Wildman–Crippen MR) is 72.1 cm³/mol. The molecule has 100 valence electrons. The number of nitrogens with one attached hydrogen (secondary N) is 2. The largest absolute Gasteiger partial charge is 0.376 e. The van der Waals surface area contributed by atoms with Crippen LogP contribution in [0.2, 0.25) is 0 Å². The minimum Gasteiger partial charge on any atom is -0.376 e. The van der Waals surface area contributed by atoms with E-state index in [4.69, 9.17) is 0 Å². The summed E-state index contributed by atoms with van der Waals surface area (Å²) in [5.74, 6) is -0.366. The predicted octanol–water partition coefficient (Wildman–Crippen LogP) is 2.85. The van der Waals surface area contributed by atoms with Crippen LogP contribution in [0.15, 0.2) is 18.2 Å². The maximum atomic E-state index is 13.1. The minimum atomic E-state index is -0.294. The van der Waals surface area contributed by atoms with Crippen molar-refractivity contribution in [1.29, 1.82) is 0 Å². The van der Waals surface area contributed by atoms with Gasteiger partial charge in [-0.25, -0.2) is 4.39 Å². The summed E-state index contributed by atoms with van der Waals surface area (Å²) in [5.41, 5.74) is 1.46. The number of hydrogen-bond acceptors (Lipinski definition) is 2. The van der Waals surface area contributed by atoms with Gasteiger partial charge in [0.15, 0.2) is 0 Å². The van der Waals surface area contributed by atoms with Gasteiger partial charge in [-0.05, 0) is 44.0 Å². The monoisotopic (exact) mass is 252 g/mol. The number of anilines is 1. The van der Waals surface area contributed by atoms with Gasteiger partial charge in [0, 0.05) is 11.7 Å². The molecule has 0 radical (unpaired) electrons. The second kappa shape index (κ2) is 6.99. The van der Waals surface area contributed by atoms with E-state index in [1.165, 1.54) is 12.1 Å². The van der Waals surface area contributed by atoms with Crippen LogP contribution < -0.4 is 10.6 Å². The lowest BCUT2D eigenvalue weighted by molar-refractivity contribution is -0.120. The van der Waals surface area contributed by atoms with Crippen LogP contribution >= 0.6 is 0 Å². The third-order valence-corrected chi connectivity index (χ3v) is 2.62. The second-order valence-electron chi connectivity index (χ2n) is 4.63. The summed E-state index contributed by atoms with van der Waals surface area (Å²) in [4.78, 5) is 11.6. The molecule has 1 rings (SSSR count). The first kappa shape index (κ1) is 14.5. The molecule has 0 saturated carbocycles. The van der Waals surface area contributed by atoms with Crippen molar-refractivity contribution in [1.82, 2.24) is 5.32 Å². The first-order valence-electron chi connectivity index (χ1n) is 6.31. The number of carbonyl (C=O) groups excluding carboxylic acids is 1. The van der Waals surface area contributed by atoms with Crippen LogP contribution in [-0.2, 0) is 4.79 Å². The Bertz CT molecular complexity index is 387. The fourth-order valence-electron chi connectivity index (χ4n) is 1.85. The average molecular weight is 252 g/mol. The Labute approximate surface area is 108 Å². The van der Waals surface area contributed by atoms with E-state index in [0.29, 0.717) is 5.69 Å². The number of aryl methyl sites for hydroxylation is 1. The van der Waals surface area contributed by atoms with E-state index in [2.05, 4.69) is 17.6 Å². The lowest BCUT2D eigenvalue weighted by Gasteiger charge is -2.13. The highest BCUT2D eigenvalue weighted by atomic mass is 19.1. The van der Waals surface area contributed by atoms with Gasteiger partial charge in [-0.15, -0.1) is 0 Å². The Morgan fingerprint density at radius 1 is 1.39 bits per heavy atom. The zero-order chi connectivity index (χ0) is 13.5. The van der Waals surface area contributed by atoms with E-state index in [0.717, 1.165) is 18.4 Å². The van der Waals surface area contributed by atoms with Crippen LogP contribution in [0.1, 0.15) is 32.3 Å². The first-order valence-corrected chi connectivity index (χ1v) is 6.31. The van der Waals surface area contributed by atoms with Crippen LogP contribution in [0.3, 0.4) is 0 Å². The molecule has 1 aromatic rings. The summed E-state index contributed by atoms with van der Waals surface area (Å²) < 4.78 is 13.1. The van der Waals surface area contributed by atoms with E-state index >= 15 is 0 Å². The molecule has 1 amide bonds. The van der Waals surface area contributed by atoms with Crippen LogP contribution in [0.4, 0.5) is 10.1 Å². The quantitative estimate of drug-likeness (QED) is 0.817. The molecular formula is C14H21FN2O. The summed E-state index contributed by atoms with van der Waals surface area (Å²) in [7, 11) is 0. The molecule has 1 atom stereocenters. The van der Waals surface area contributed by atoms with Gasteiger partial charge in [-0.3, -0.25) is 4.79 Å². The second-order valence-corrected chi connectivity index (χ2v) is 4.63. The van der Waals surface area contributed by atoms with Gasteiger partial charge in [-0.1, -0.05) is 13.3 Å². The van der Waals surface area contributed by atoms with Crippen LogP contribution in [0.25, 0.3) is 0 Å². The number of amides is 1. The molecule has 0 heterocycles. The zero-order valence-corrected chi connectivity index (χ0v) is 11.2. The van der Waals surface area contributed by atoms with E-state index in [-0.39, 0.29) is 24.3 Å². The topological polar surface area (TPSA) is 41.1 Å². The average Bonchev–Trinajstić information content (AvgIpc) is 2.25. The Kier molecular flexibility index (Phi) is 5.62. The van der Waals surface area contributed by atoms with Gasteiger partial charge in [0.1, 0.15) is 5.82 Å². The molecule has 0 saturated heterocycles. The number of hydrogen-bond donors (Lipinski definition) is 2. The Balaban J connectivity index is 2.42. The third kappa shape index (κ3) is 5.17. The lowest BCUT2D eigenvalue weighted by atomic mass is 10.2. The molecule has 4 heteroatoms. The molecule has 1 unspecified atom stereocenters. The molecule has 0 aliphatic rings. The molecule has 0 spiro atoms. The summed E-state index contributed by atoms with van der Waals surface area (Å²) in [5, 5.41) is 5.81. The maximum absolute atomic E-state index is 13.1. The smallest absolute Gasteiger partial charge is 0.239 e. The molecule has 2 N–H and O–H groups in total. The maximum Gasteiger partial charge on any atom is 0.239 e. The normalized spacial score (nSPS) is 12.0. The minimum absolute atomic E-state index is 0.0714. The highest BCUT2D eigenvalue weighted by Gasteiger charge is 2.06. The van der Waals surface area contributed by atoms with Crippen LogP contribution in [-0.4, -0.2) is 18.5 Å². The van der Waals surface area contributed by atoms with Gasteiger partial charge in [0.2, 0.25) is 5.91 Å². The molecule has 0 aromatic heterocycles. The van der Waals surface area contributed by atoms with Crippen molar-refractivity contribution in [3.8, 4) is 0 Å². The Hall–Kier alpha value is -1.58. The van der Waals surface area contributed by atoms with Crippen molar-refractivity contribution in [2.45, 2.75) is 39.7 Å². The standard InChI is InChI=1S/C14H21FN2O/c1-4-5-11(3)17-14(18)9-16-13-7-10(2)6-12(15)8-13/h6-8,11,16H,4-5,9H2,1-3H3,(H,17,18). The van der Waals surface area contributed by atoms with Gasteiger partial charge in [0.25, 0.3) is 0 Å². The first-order chi connectivity index (χ1) is 8.51. The Morgan fingerprint density at radius 2 is 2.11 bits per heavy atom. The summed E-state index contributed by atoms with van der Waals surface area (Å²) in [6, 6.07) is 4.83. The molecule has 3 nitrogen and oxygen atoms in total. The number of benzene rings is 1. The lowest BCUT2D eigenvalue weighted by Crippen LogP contribution is -2.36. The van der Waals surface area contributed by atoms with E-state index in [1.807, 2.05) is 19.9 Å². The molecule has 0 aliphatic carbocycles. The molecule has 18 heavy (non-hydrogen) atoms. The van der Waals surface area contributed by atoms with Crippen molar-refractivity contribution in [2.75, 3.05) is 11.9 Å². The number of carbonyl (C=O) groups is 1. The Morgan fingerprint density at radius 3 is 2.72 bits per heavy atom. The van der Waals surface area contributed by atoms with Crippen molar-refractivity contribution in [2.24, 2.45) is 0 Å². The summed E-state index contributed by atoms with van der Waals surface area (Å²) >= 11 is 0. The van der Waals surface area contributed by atoms with Crippen LogP contribution in [0, 0.1) is 12.7 Å². The third-order valence-electron chi connectivity index (χ3n) is 2.62. The highest BCUT2D eigenvalue weighted by molar-refractivity contribution is 5.80. The van der Waals surface area contributed by atoms with Crippen molar-refractivity contribution in [3.63, 3.8) is 0 Å². The number of rotatable bonds is 6. The molecular weight excluding hydrogens is 231 g/mol. The van der Waals surface area contributed by atoms with E-state index < -0.39 is 0 Å². The van der Waals surface area contributed by atoms with E-state index in [9.17, 15) is 9.18 Å². The van der Waals surface area contributed by atoms with Gasteiger partial charge >= 0.3 is 0 Å². The van der Waals surface area contributed by atoms with Crippen molar-refractivity contribution < 1.29 is 9.18 Å². The van der Waals surface area contributed by atoms with E-state index in [1.54, 1.807) is 0 Å². The molecule has 0 bridgehead atoms. The fourth-order valence-corrected chi connectivity index (χ4v) is 1.85. The molecule has 1 aromatic carbocycles. The highest BCUT2D eigenvalue weighted by Crippen LogP contribution is 2.12. The fraction of sp³-hybridized carbons (Fsp3) is 0.500. The number of halogens is 1. The zero-order valence-electron chi connectivity index (χ0n) is 11.2.